The van der Waals surface area contributed by atoms with Crippen molar-refractivity contribution in [3.63, 3.8) is 0 Å². The summed E-state index contributed by atoms with van der Waals surface area (Å²) in [6, 6.07) is 36.8. The van der Waals surface area contributed by atoms with Crippen LogP contribution in [-0.2, 0) is 15.1 Å². The number of nitrogens with zero attached hydrogens (tertiary/aromatic N) is 4. The van der Waals surface area contributed by atoms with Crippen molar-refractivity contribution in [1.29, 1.82) is 0 Å². The summed E-state index contributed by atoms with van der Waals surface area (Å²) >= 11 is 0. The van der Waals surface area contributed by atoms with Crippen LogP contribution in [-0.4, -0.2) is 49.0 Å². The number of H-pyrrole nitrogens is 1. The monoisotopic (exact) mass is 752 g/mol. The van der Waals surface area contributed by atoms with E-state index in [0.29, 0.717) is 50.6 Å². The molecule has 5 aromatic carbocycles. The van der Waals surface area contributed by atoms with Crippen LogP contribution in [0.2, 0.25) is 0 Å². The Morgan fingerprint density at radius 2 is 1.42 bits per heavy atom. The van der Waals surface area contributed by atoms with Crippen LogP contribution in [0.5, 0.6) is 5.88 Å². The first-order valence-electron chi connectivity index (χ1n) is 19.0. The number of aromatic hydroxyl groups is 1. The molecule has 2 unspecified atom stereocenters. The number of aliphatic imine (C=N–C) groups is 1. The Hall–Kier alpha value is -6.98. The minimum absolute atomic E-state index is 0.0221. The predicted molar refractivity (Wildman–Crippen MR) is 217 cm³/mol. The molecule has 11 heteroatoms. The molecule has 11 rings (SSSR count). The summed E-state index contributed by atoms with van der Waals surface area (Å²) in [5.74, 6) is -1.42. The summed E-state index contributed by atoms with van der Waals surface area (Å²) in [6.07, 6.45) is 0. The van der Waals surface area contributed by atoms with Gasteiger partial charge in [0.15, 0.2) is 5.88 Å². The number of anilines is 1. The topological polar surface area (TPSA) is 150 Å². The molecule has 57 heavy (non-hydrogen) atoms. The van der Waals surface area contributed by atoms with Crippen LogP contribution >= 0.6 is 0 Å². The lowest BCUT2D eigenvalue weighted by Gasteiger charge is -2.32. The smallest absolute Gasteiger partial charge is 0.266 e. The van der Waals surface area contributed by atoms with Crippen LogP contribution in [0.25, 0.3) is 27.5 Å². The summed E-state index contributed by atoms with van der Waals surface area (Å²) in [7, 11) is 0. The first-order chi connectivity index (χ1) is 27.6. The van der Waals surface area contributed by atoms with Crippen LogP contribution < -0.4 is 15.8 Å². The van der Waals surface area contributed by atoms with Crippen LogP contribution in [0.1, 0.15) is 46.7 Å². The number of nitrogens with one attached hydrogen (secondary N) is 2. The first kappa shape index (κ1) is 34.5. The van der Waals surface area contributed by atoms with Crippen molar-refractivity contribution in [3.8, 4) is 11.6 Å². The number of carbonyl (C=O) groups is 3. The molecule has 0 aliphatic carbocycles. The first-order valence-corrected chi connectivity index (χ1v) is 19.0. The van der Waals surface area contributed by atoms with Gasteiger partial charge in [0.1, 0.15) is 17.1 Å². The van der Waals surface area contributed by atoms with Crippen molar-refractivity contribution in [2.75, 3.05) is 4.90 Å². The van der Waals surface area contributed by atoms with E-state index in [1.54, 1.807) is 22.8 Å². The molecule has 2 aromatic heterocycles. The number of carbonyl (C=O) groups excluding carboxylic acids is 3. The zero-order valence-electron chi connectivity index (χ0n) is 31.2. The largest absolute Gasteiger partial charge is 0.494 e. The Morgan fingerprint density at radius 1 is 0.754 bits per heavy atom. The number of aromatic amines is 1. The second-order valence-electron chi connectivity index (χ2n) is 15.3. The second kappa shape index (κ2) is 12.5. The van der Waals surface area contributed by atoms with E-state index in [4.69, 9.17) is 4.98 Å². The fraction of sp³-hybridized carbons (Fsp3) is 0.174. The Balaban J connectivity index is 0.000000166. The number of amides is 2. The SMILES string of the molecule is Cc1ccccc1N1C(=O)[C@H]2C(C(C)C)NC3(c4ccccc4-n4c3nc3ccccc3c4=O)[C@H]2C1=O.O=C1C(c2c(O)[nH]c3ccccc23)=Nc2ccccc21. The number of hydrogen-bond donors (Lipinski definition) is 3. The third kappa shape index (κ3) is 4.75. The van der Waals surface area contributed by atoms with Gasteiger partial charge in [0, 0.05) is 28.1 Å². The van der Waals surface area contributed by atoms with Gasteiger partial charge in [0.25, 0.3) is 5.56 Å². The van der Waals surface area contributed by atoms with E-state index in [1.807, 2.05) is 110 Å². The van der Waals surface area contributed by atoms with Gasteiger partial charge in [0.2, 0.25) is 17.6 Å². The maximum absolute atomic E-state index is 14.4. The van der Waals surface area contributed by atoms with E-state index in [2.05, 4.69) is 29.1 Å². The molecule has 2 saturated heterocycles. The lowest BCUT2D eigenvalue weighted by molar-refractivity contribution is -0.123. The van der Waals surface area contributed by atoms with Gasteiger partial charge in [-0.3, -0.25) is 29.1 Å². The Labute approximate surface area is 326 Å². The van der Waals surface area contributed by atoms with E-state index in [0.717, 1.165) is 22.0 Å². The molecule has 4 atom stereocenters. The number of fused-ring (bicyclic) bond motifs is 10. The van der Waals surface area contributed by atoms with Crippen LogP contribution in [0.4, 0.5) is 11.4 Å². The van der Waals surface area contributed by atoms with E-state index < -0.39 is 17.4 Å². The quantitative estimate of drug-likeness (QED) is 0.167. The molecule has 2 fully saturated rings. The molecule has 11 nitrogen and oxygen atoms in total. The highest BCUT2D eigenvalue weighted by molar-refractivity contribution is 6.56. The summed E-state index contributed by atoms with van der Waals surface area (Å²) in [5.41, 5.74) is 5.04. The molecule has 0 radical (unpaired) electrons. The standard InChI is InChI=1S/C30H26N4O3.C16H10N2O2/c1-16(2)25-23-24(28(37)33(27(23)36)21-14-8-4-10-17(21)3)30(32-25)19-12-6-9-15-22(19)34-26(35)18-11-5-7-13-20(18)31-29(30)34;19-15-10-6-2-4-8-12(10)17-14(15)13-9-5-1-3-7-11(9)18-16(13)20/h4-16,23-25,32H,1-3H3;1-8,18,20H/t23-,24-,25?,30?;/m1./s1. The Kier molecular flexibility index (Phi) is 7.58. The average molecular weight is 753 g/mol. The molecule has 0 bridgehead atoms. The number of imide groups is 1. The molecular formula is C46H36N6O5. The number of para-hydroxylation sites is 5. The molecule has 4 aliphatic heterocycles. The van der Waals surface area contributed by atoms with E-state index >= 15 is 0 Å². The summed E-state index contributed by atoms with van der Waals surface area (Å²) in [4.78, 5) is 68.4. The van der Waals surface area contributed by atoms with Crippen LogP contribution in [0.3, 0.4) is 0 Å². The van der Waals surface area contributed by atoms with Crippen molar-refractivity contribution in [2.45, 2.75) is 32.4 Å². The molecule has 7 aromatic rings. The molecule has 1 spiro atoms. The fourth-order valence-corrected chi connectivity index (χ4v) is 9.37. The highest BCUT2D eigenvalue weighted by Crippen LogP contribution is 2.56. The number of hydrogen-bond acceptors (Lipinski definition) is 8. The molecule has 2 amide bonds. The van der Waals surface area contributed by atoms with Crippen molar-refractivity contribution < 1.29 is 19.5 Å². The fourth-order valence-electron chi connectivity index (χ4n) is 9.37. The van der Waals surface area contributed by atoms with Gasteiger partial charge in [-0.25, -0.2) is 14.9 Å². The zero-order valence-corrected chi connectivity index (χ0v) is 31.2. The lowest BCUT2D eigenvalue weighted by atomic mass is 9.75. The Bertz CT molecular complexity index is 2980. The van der Waals surface area contributed by atoms with Crippen molar-refractivity contribution in [1.82, 2.24) is 19.9 Å². The summed E-state index contributed by atoms with van der Waals surface area (Å²) in [5, 5.41) is 15.1. The molecule has 6 heterocycles. The normalized spacial score (nSPS) is 21.5. The lowest BCUT2D eigenvalue weighted by Crippen LogP contribution is -2.51. The van der Waals surface area contributed by atoms with Gasteiger partial charge in [0.05, 0.1) is 45.4 Å². The molecular weight excluding hydrogens is 717 g/mol. The van der Waals surface area contributed by atoms with Gasteiger partial charge in [-0.15, -0.1) is 0 Å². The van der Waals surface area contributed by atoms with E-state index in [1.165, 1.54) is 4.90 Å². The highest BCUT2D eigenvalue weighted by Gasteiger charge is 2.70. The number of Topliss-reactive ketones (excluding diaryl/α,β-unsaturated/α-hetero) is 1. The average Bonchev–Trinajstić information content (AvgIpc) is 3.98. The van der Waals surface area contributed by atoms with Gasteiger partial charge >= 0.3 is 0 Å². The van der Waals surface area contributed by atoms with Crippen molar-refractivity contribution >= 4 is 56.5 Å². The zero-order chi connectivity index (χ0) is 39.3. The number of ketones is 1. The maximum Gasteiger partial charge on any atom is 0.266 e. The number of benzene rings is 5. The minimum atomic E-state index is -1.11. The molecule has 0 saturated carbocycles. The molecule has 4 aliphatic rings. The Morgan fingerprint density at radius 3 is 2.19 bits per heavy atom. The van der Waals surface area contributed by atoms with Gasteiger partial charge in [-0.05, 0) is 60.9 Å². The van der Waals surface area contributed by atoms with Crippen LogP contribution in [0, 0.1) is 24.7 Å². The predicted octanol–water partition coefficient (Wildman–Crippen LogP) is 6.88. The molecule has 280 valence electrons. The third-order valence-electron chi connectivity index (χ3n) is 11.9. The third-order valence-corrected chi connectivity index (χ3v) is 11.9. The van der Waals surface area contributed by atoms with Gasteiger partial charge < -0.3 is 10.1 Å². The van der Waals surface area contributed by atoms with Crippen LogP contribution in [0.15, 0.2) is 131 Å². The number of aryl methyl sites for hydroxylation is 1. The summed E-state index contributed by atoms with van der Waals surface area (Å²) in [6.45, 7) is 6.03. The van der Waals surface area contributed by atoms with E-state index in [-0.39, 0.29) is 41.0 Å². The van der Waals surface area contributed by atoms with Crippen molar-refractivity contribution in [2.24, 2.45) is 22.7 Å². The summed E-state index contributed by atoms with van der Waals surface area (Å²) < 4.78 is 1.64. The molecule has 3 N–H and O–H groups in total. The van der Waals surface area contributed by atoms with Gasteiger partial charge in [-0.1, -0.05) is 92.7 Å². The highest BCUT2D eigenvalue weighted by atomic mass is 16.3. The van der Waals surface area contributed by atoms with Crippen molar-refractivity contribution in [3.05, 3.63) is 160 Å². The maximum atomic E-state index is 14.4. The van der Waals surface area contributed by atoms with E-state index in [9.17, 15) is 24.3 Å². The minimum Gasteiger partial charge on any atom is -0.494 e. The number of aromatic nitrogens is 3. The van der Waals surface area contributed by atoms with Gasteiger partial charge in [-0.2, -0.15) is 0 Å². The number of rotatable bonds is 3. The second-order valence-corrected chi connectivity index (χ2v) is 15.3.